The van der Waals surface area contributed by atoms with E-state index in [0.717, 1.165) is 36.7 Å². The van der Waals surface area contributed by atoms with Crippen molar-refractivity contribution in [2.75, 3.05) is 32.2 Å². The number of hydrogen-bond acceptors (Lipinski definition) is 8. The van der Waals surface area contributed by atoms with Gasteiger partial charge in [0.25, 0.3) is 0 Å². The molecule has 272 valence electrons. The number of aliphatic imine (C=N–C) groups is 1. The summed E-state index contributed by atoms with van der Waals surface area (Å²) >= 11 is 0. The highest BCUT2D eigenvalue weighted by Gasteiger charge is 2.49. The number of halogens is 6. The van der Waals surface area contributed by atoms with E-state index in [0.29, 0.717) is 53.0 Å². The van der Waals surface area contributed by atoms with Crippen LogP contribution >= 0.6 is 0 Å². The summed E-state index contributed by atoms with van der Waals surface area (Å²) in [5, 5.41) is 0. The van der Waals surface area contributed by atoms with Crippen molar-refractivity contribution < 1.29 is 50.1 Å². The Kier molecular flexibility index (Phi) is 9.93. The molecule has 3 atom stereocenters. The van der Waals surface area contributed by atoms with Gasteiger partial charge < -0.3 is 19.1 Å². The monoisotopic (exact) mass is 718 g/mol. The number of benzene rings is 1. The Balaban J connectivity index is 1.38. The maximum absolute atomic E-state index is 13.8. The van der Waals surface area contributed by atoms with Gasteiger partial charge in [-0.05, 0) is 72.7 Å². The third-order valence-corrected chi connectivity index (χ3v) is 9.67. The number of allylic oxidation sites excluding steroid dienone is 3. The van der Waals surface area contributed by atoms with Crippen molar-refractivity contribution in [1.29, 1.82) is 0 Å². The first kappa shape index (κ1) is 36.0. The number of cyclic esters (lactones) is 1. The van der Waals surface area contributed by atoms with E-state index in [1.54, 1.807) is 19.2 Å². The van der Waals surface area contributed by atoms with E-state index in [2.05, 4.69) is 9.89 Å². The molecule has 0 bridgehead atoms. The zero-order chi connectivity index (χ0) is 36.7. The average molecular weight is 719 g/mol. The van der Waals surface area contributed by atoms with Crippen LogP contribution in [0, 0.1) is 5.92 Å². The molecular weight excluding hydrogens is 682 g/mol. The first-order chi connectivity index (χ1) is 24.2. The van der Waals surface area contributed by atoms with Gasteiger partial charge in [0.1, 0.15) is 23.4 Å². The number of carbonyl (C=O) groups is 2. The lowest BCUT2D eigenvalue weighted by atomic mass is 9.85. The average Bonchev–Trinajstić information content (AvgIpc) is 3.40. The first-order valence-corrected chi connectivity index (χ1v) is 16.5. The number of nitrogens with zero attached hydrogens (tertiary/aromatic N) is 4. The summed E-state index contributed by atoms with van der Waals surface area (Å²) in [6.07, 6.45) is -8.30. The van der Waals surface area contributed by atoms with E-state index >= 15 is 0 Å². The minimum atomic E-state index is -4.99. The standard InChI is InChI=1S/C36H36F6N4O5/c1-4-29-32(22-14-23(35(37,38)39)17-24(15-22)36(40,41)42)51-34(48)46(29)19-28-25(8-11-31(44-28)45-12-5-13-45)26-16-20(7-10-30(26)49-2)21-6-9-27(43-18-21)33(47)50-3/h7-8,10-11,14-16,18,23,29,32H,4-6,9,12-13,17,19H2,1-3H3/t23?,29-,32+/m0/s1. The molecule has 1 aromatic carbocycles. The van der Waals surface area contributed by atoms with Crippen molar-refractivity contribution in [2.45, 2.75) is 70.1 Å². The second-order valence-corrected chi connectivity index (χ2v) is 12.7. The minimum Gasteiger partial charge on any atom is -0.496 e. The van der Waals surface area contributed by atoms with Crippen molar-refractivity contribution in [3.05, 3.63) is 71.1 Å². The zero-order valence-corrected chi connectivity index (χ0v) is 28.1. The summed E-state index contributed by atoms with van der Waals surface area (Å²) in [5.41, 5.74) is 1.99. The van der Waals surface area contributed by atoms with Gasteiger partial charge in [-0.3, -0.25) is 9.89 Å². The number of methoxy groups -OCH3 is 2. The molecule has 0 spiro atoms. The predicted octanol–water partition coefficient (Wildman–Crippen LogP) is 7.81. The molecule has 9 nitrogen and oxygen atoms in total. The molecule has 6 rings (SSSR count). The maximum atomic E-state index is 13.8. The summed E-state index contributed by atoms with van der Waals surface area (Å²) in [5.74, 6) is -1.72. The Morgan fingerprint density at radius 2 is 1.80 bits per heavy atom. The predicted molar refractivity (Wildman–Crippen MR) is 176 cm³/mol. The molecular formula is C36H36F6N4O5. The van der Waals surface area contributed by atoms with Crippen LogP contribution in [0.2, 0.25) is 0 Å². The smallest absolute Gasteiger partial charge is 0.412 e. The molecule has 51 heavy (non-hydrogen) atoms. The summed E-state index contributed by atoms with van der Waals surface area (Å²) in [6, 6.07) is 8.36. The van der Waals surface area contributed by atoms with E-state index in [1.807, 2.05) is 24.3 Å². The topological polar surface area (TPSA) is 93.6 Å². The Hall–Kier alpha value is -4.82. The number of rotatable bonds is 9. The molecule has 2 aromatic rings. The van der Waals surface area contributed by atoms with Crippen LogP contribution in [-0.2, 0) is 20.8 Å². The molecule has 15 heteroatoms. The molecule has 0 N–H and O–H groups in total. The molecule has 1 aromatic heterocycles. The third-order valence-electron chi connectivity index (χ3n) is 9.67. The van der Waals surface area contributed by atoms with E-state index in [9.17, 15) is 35.9 Å². The number of carbonyl (C=O) groups excluding carboxylic acids is 2. The van der Waals surface area contributed by atoms with E-state index in [-0.39, 0.29) is 18.5 Å². The van der Waals surface area contributed by atoms with E-state index in [4.69, 9.17) is 19.2 Å². The molecule has 0 saturated carbocycles. The van der Waals surface area contributed by atoms with Gasteiger partial charge in [0, 0.05) is 42.4 Å². The number of ether oxygens (including phenoxy) is 3. The highest BCUT2D eigenvalue weighted by atomic mass is 19.4. The lowest BCUT2D eigenvalue weighted by molar-refractivity contribution is -0.166. The highest BCUT2D eigenvalue weighted by Crippen LogP contribution is 2.45. The fourth-order valence-corrected chi connectivity index (χ4v) is 6.77. The Bertz CT molecular complexity index is 1830. The fourth-order valence-electron chi connectivity index (χ4n) is 6.77. The van der Waals surface area contributed by atoms with Crippen LogP contribution in [-0.4, -0.2) is 79.5 Å². The highest BCUT2D eigenvalue weighted by molar-refractivity contribution is 6.37. The number of pyridine rings is 1. The number of esters is 1. The largest absolute Gasteiger partial charge is 0.496 e. The van der Waals surface area contributed by atoms with Gasteiger partial charge in [-0.2, -0.15) is 26.3 Å². The van der Waals surface area contributed by atoms with Crippen molar-refractivity contribution in [1.82, 2.24) is 9.88 Å². The van der Waals surface area contributed by atoms with Gasteiger partial charge in [0.15, 0.2) is 0 Å². The van der Waals surface area contributed by atoms with Gasteiger partial charge in [-0.15, -0.1) is 0 Å². The summed E-state index contributed by atoms with van der Waals surface area (Å²) in [7, 11) is 2.80. The second-order valence-electron chi connectivity index (χ2n) is 12.7. The van der Waals surface area contributed by atoms with Gasteiger partial charge in [0.2, 0.25) is 0 Å². The normalized spacial score (nSPS) is 22.4. The second kappa shape index (κ2) is 14.1. The zero-order valence-electron chi connectivity index (χ0n) is 28.1. The van der Waals surface area contributed by atoms with E-state index in [1.165, 1.54) is 19.1 Å². The molecule has 2 saturated heterocycles. The number of amides is 1. The molecule has 1 aliphatic carbocycles. The molecule has 1 unspecified atom stereocenters. The van der Waals surface area contributed by atoms with Crippen LogP contribution in [0.1, 0.15) is 50.3 Å². The maximum Gasteiger partial charge on any atom is 0.412 e. The molecule has 2 fully saturated rings. The number of aromatic nitrogens is 1. The van der Waals surface area contributed by atoms with Crippen LogP contribution < -0.4 is 9.64 Å². The lowest BCUT2D eigenvalue weighted by Crippen LogP contribution is -2.39. The Labute approximate surface area is 290 Å². The minimum absolute atomic E-state index is 0.139. The van der Waals surface area contributed by atoms with Crippen LogP contribution in [0.3, 0.4) is 0 Å². The van der Waals surface area contributed by atoms with Crippen molar-refractivity contribution in [3.8, 4) is 16.9 Å². The third kappa shape index (κ3) is 7.33. The van der Waals surface area contributed by atoms with Gasteiger partial charge in [0.05, 0.1) is 38.4 Å². The Morgan fingerprint density at radius 1 is 1.04 bits per heavy atom. The van der Waals surface area contributed by atoms with Crippen LogP contribution in [0.5, 0.6) is 5.75 Å². The van der Waals surface area contributed by atoms with Crippen molar-refractivity contribution >= 4 is 29.2 Å². The number of hydrogen-bond donors (Lipinski definition) is 0. The summed E-state index contributed by atoms with van der Waals surface area (Å²) in [4.78, 5) is 38.0. The van der Waals surface area contributed by atoms with Crippen LogP contribution in [0.4, 0.5) is 37.0 Å². The van der Waals surface area contributed by atoms with Gasteiger partial charge in [-0.1, -0.05) is 19.1 Å². The fraction of sp³-hybridized carbons (Fsp3) is 0.444. The molecule has 3 aliphatic heterocycles. The van der Waals surface area contributed by atoms with Crippen LogP contribution in [0.15, 0.2) is 64.8 Å². The summed E-state index contributed by atoms with van der Waals surface area (Å²) < 4.78 is 98.8. The quantitative estimate of drug-likeness (QED) is 0.193. The number of anilines is 1. The molecule has 4 heterocycles. The van der Waals surface area contributed by atoms with Gasteiger partial charge >= 0.3 is 24.4 Å². The lowest BCUT2D eigenvalue weighted by Gasteiger charge is -2.33. The SMILES string of the molecule is CC[C@H]1[C@@H](C2=CC(C(F)(F)F)CC(C(F)(F)F)=C2)OC(=O)N1Cc1nc(N2CCC2)ccc1-c1cc(C2=CN=C(C(=O)OC)CC2)ccc1OC. The molecule has 1 amide bonds. The first-order valence-electron chi connectivity index (χ1n) is 16.5. The van der Waals surface area contributed by atoms with Crippen molar-refractivity contribution in [3.63, 3.8) is 0 Å². The van der Waals surface area contributed by atoms with Crippen molar-refractivity contribution in [2.24, 2.45) is 10.9 Å². The number of alkyl halides is 6. The van der Waals surface area contributed by atoms with Crippen LogP contribution in [0.25, 0.3) is 16.7 Å². The molecule has 0 radical (unpaired) electrons. The van der Waals surface area contributed by atoms with Gasteiger partial charge in [-0.25, -0.2) is 14.6 Å². The molecule has 4 aliphatic rings. The Morgan fingerprint density at radius 3 is 2.39 bits per heavy atom. The van der Waals surface area contributed by atoms with E-state index < -0.39 is 54.5 Å². The summed E-state index contributed by atoms with van der Waals surface area (Å²) in [6.45, 7) is 3.11.